The summed E-state index contributed by atoms with van der Waals surface area (Å²) in [7, 11) is 3.28. The lowest BCUT2D eigenvalue weighted by atomic mass is 10.2. The molecule has 1 atom stereocenters. The lowest BCUT2D eigenvalue weighted by molar-refractivity contribution is -0.120. The fourth-order valence-electron chi connectivity index (χ4n) is 3.55. The second-order valence-electron chi connectivity index (χ2n) is 7.47. The van der Waals surface area contributed by atoms with E-state index in [0.717, 1.165) is 53.0 Å². The topological polar surface area (TPSA) is 72.9 Å². The van der Waals surface area contributed by atoms with Crippen LogP contribution in [0.15, 0.2) is 53.9 Å². The monoisotopic (exact) mass is 453 g/mol. The van der Waals surface area contributed by atoms with Crippen molar-refractivity contribution in [1.29, 1.82) is 0 Å². The third-order valence-electron chi connectivity index (χ3n) is 5.35. The lowest BCUT2D eigenvalue weighted by Crippen LogP contribution is -2.38. The highest BCUT2D eigenvalue weighted by molar-refractivity contribution is 7.14. The molecule has 1 saturated heterocycles. The van der Waals surface area contributed by atoms with Gasteiger partial charge in [-0.3, -0.25) is 4.79 Å². The SMILES string of the molecule is COc1ccc(-c2csc(N(CC(=O)NCC3CCCO3)c3ccc(OC)cc3)n2)cc1. The highest BCUT2D eigenvalue weighted by Crippen LogP contribution is 2.33. The third-order valence-corrected chi connectivity index (χ3v) is 6.21. The number of ether oxygens (including phenoxy) is 3. The Balaban J connectivity index is 1.53. The van der Waals surface area contributed by atoms with Gasteiger partial charge in [0.25, 0.3) is 0 Å². The van der Waals surface area contributed by atoms with Crippen LogP contribution >= 0.6 is 11.3 Å². The van der Waals surface area contributed by atoms with E-state index >= 15 is 0 Å². The molecule has 0 aliphatic carbocycles. The van der Waals surface area contributed by atoms with E-state index in [1.807, 2.05) is 58.8 Å². The average Bonchev–Trinajstić information content (AvgIpc) is 3.54. The summed E-state index contributed by atoms with van der Waals surface area (Å²) in [4.78, 5) is 19.5. The zero-order valence-corrected chi connectivity index (χ0v) is 19.1. The second kappa shape index (κ2) is 10.5. The number of anilines is 2. The molecule has 0 radical (unpaired) electrons. The number of hydrogen-bond acceptors (Lipinski definition) is 7. The Bertz CT molecular complexity index is 1010. The van der Waals surface area contributed by atoms with Crippen molar-refractivity contribution in [2.75, 3.05) is 38.8 Å². The fourth-order valence-corrected chi connectivity index (χ4v) is 4.40. The quantitative estimate of drug-likeness (QED) is 0.522. The summed E-state index contributed by atoms with van der Waals surface area (Å²) >= 11 is 1.50. The molecule has 32 heavy (non-hydrogen) atoms. The number of thiazole rings is 1. The van der Waals surface area contributed by atoms with E-state index in [0.29, 0.717) is 6.54 Å². The molecule has 1 aromatic heterocycles. The van der Waals surface area contributed by atoms with Crippen LogP contribution in [0, 0.1) is 0 Å². The van der Waals surface area contributed by atoms with E-state index in [2.05, 4.69) is 5.32 Å². The molecular formula is C24H27N3O4S. The predicted molar refractivity (Wildman–Crippen MR) is 126 cm³/mol. The molecular weight excluding hydrogens is 426 g/mol. The minimum Gasteiger partial charge on any atom is -0.497 e. The van der Waals surface area contributed by atoms with Crippen molar-refractivity contribution in [1.82, 2.24) is 10.3 Å². The Morgan fingerprint density at radius 1 is 1.12 bits per heavy atom. The number of nitrogens with one attached hydrogen (secondary N) is 1. The van der Waals surface area contributed by atoms with Gasteiger partial charge < -0.3 is 24.4 Å². The Labute approximate surface area is 191 Å². The van der Waals surface area contributed by atoms with Crippen molar-refractivity contribution >= 4 is 28.1 Å². The third kappa shape index (κ3) is 5.38. The van der Waals surface area contributed by atoms with Crippen LogP contribution in [0.1, 0.15) is 12.8 Å². The van der Waals surface area contributed by atoms with E-state index in [-0.39, 0.29) is 18.6 Å². The van der Waals surface area contributed by atoms with Gasteiger partial charge in [-0.25, -0.2) is 4.98 Å². The highest BCUT2D eigenvalue weighted by Gasteiger charge is 2.20. The molecule has 1 aliphatic heterocycles. The number of carbonyl (C=O) groups excluding carboxylic acids is 1. The van der Waals surface area contributed by atoms with Crippen molar-refractivity contribution < 1.29 is 19.0 Å². The van der Waals surface area contributed by atoms with Crippen LogP contribution in [0.5, 0.6) is 11.5 Å². The molecule has 1 N–H and O–H groups in total. The molecule has 1 fully saturated rings. The van der Waals surface area contributed by atoms with Crippen molar-refractivity contribution in [3.8, 4) is 22.8 Å². The first-order valence-electron chi connectivity index (χ1n) is 10.6. The van der Waals surface area contributed by atoms with E-state index in [1.54, 1.807) is 14.2 Å². The molecule has 2 aromatic carbocycles. The molecule has 1 amide bonds. The van der Waals surface area contributed by atoms with Crippen molar-refractivity contribution in [2.24, 2.45) is 0 Å². The standard InChI is InChI=1S/C24H27N3O4S/c1-29-19-9-5-17(6-10-19)22-16-32-24(26-22)27(18-7-11-20(30-2)12-8-18)15-23(28)25-14-21-4-3-13-31-21/h5-12,16,21H,3-4,13-15H2,1-2H3,(H,25,28). The van der Waals surface area contributed by atoms with Crippen molar-refractivity contribution in [3.63, 3.8) is 0 Å². The van der Waals surface area contributed by atoms with E-state index in [4.69, 9.17) is 19.2 Å². The molecule has 0 saturated carbocycles. The van der Waals surface area contributed by atoms with E-state index in [9.17, 15) is 4.79 Å². The average molecular weight is 454 g/mol. The number of carbonyl (C=O) groups is 1. The van der Waals surface area contributed by atoms with Crippen LogP contribution in [0.2, 0.25) is 0 Å². The van der Waals surface area contributed by atoms with Gasteiger partial charge in [0.2, 0.25) is 5.91 Å². The van der Waals surface area contributed by atoms with Gasteiger partial charge in [-0.1, -0.05) is 0 Å². The predicted octanol–water partition coefficient (Wildman–Crippen LogP) is 4.26. The van der Waals surface area contributed by atoms with Gasteiger partial charge in [0, 0.05) is 29.8 Å². The molecule has 7 nitrogen and oxygen atoms in total. The maximum atomic E-state index is 12.8. The molecule has 2 heterocycles. The van der Waals surface area contributed by atoms with Crippen LogP contribution in [0.25, 0.3) is 11.3 Å². The molecule has 8 heteroatoms. The first-order valence-corrected chi connectivity index (χ1v) is 11.4. The summed E-state index contributed by atoms with van der Waals surface area (Å²) in [5.74, 6) is 1.49. The number of amides is 1. The second-order valence-corrected chi connectivity index (χ2v) is 8.30. The minimum absolute atomic E-state index is 0.0717. The maximum absolute atomic E-state index is 12.8. The number of rotatable bonds is 9. The highest BCUT2D eigenvalue weighted by atomic mass is 32.1. The summed E-state index contributed by atoms with van der Waals surface area (Å²) in [6.45, 7) is 1.46. The van der Waals surface area contributed by atoms with Gasteiger partial charge in [-0.15, -0.1) is 11.3 Å². The smallest absolute Gasteiger partial charge is 0.240 e. The van der Waals surface area contributed by atoms with Gasteiger partial charge >= 0.3 is 0 Å². The molecule has 3 aromatic rings. The number of hydrogen-bond donors (Lipinski definition) is 1. The molecule has 1 aliphatic rings. The largest absolute Gasteiger partial charge is 0.497 e. The van der Waals surface area contributed by atoms with Gasteiger partial charge in [0.05, 0.1) is 26.0 Å². The molecule has 4 rings (SSSR count). The van der Waals surface area contributed by atoms with Crippen molar-refractivity contribution in [3.05, 3.63) is 53.9 Å². The Kier molecular flexibility index (Phi) is 7.24. The molecule has 168 valence electrons. The van der Waals surface area contributed by atoms with Crippen LogP contribution < -0.4 is 19.7 Å². The zero-order valence-electron chi connectivity index (χ0n) is 18.2. The molecule has 0 bridgehead atoms. The fraction of sp³-hybridized carbons (Fsp3) is 0.333. The van der Waals surface area contributed by atoms with Crippen LogP contribution in [-0.4, -0.2) is 50.9 Å². The van der Waals surface area contributed by atoms with E-state index in [1.165, 1.54) is 11.3 Å². The Morgan fingerprint density at radius 3 is 2.44 bits per heavy atom. The summed E-state index contributed by atoms with van der Waals surface area (Å²) in [6.07, 6.45) is 2.14. The first kappa shape index (κ1) is 22.1. The van der Waals surface area contributed by atoms with Gasteiger partial charge in [-0.05, 0) is 61.4 Å². The van der Waals surface area contributed by atoms with Crippen LogP contribution in [-0.2, 0) is 9.53 Å². The summed E-state index contributed by atoms with van der Waals surface area (Å²) in [5.41, 5.74) is 2.71. The van der Waals surface area contributed by atoms with Gasteiger partial charge in [-0.2, -0.15) is 0 Å². The number of nitrogens with zero attached hydrogens (tertiary/aromatic N) is 2. The van der Waals surface area contributed by atoms with Crippen LogP contribution in [0.3, 0.4) is 0 Å². The van der Waals surface area contributed by atoms with Crippen molar-refractivity contribution in [2.45, 2.75) is 18.9 Å². The van der Waals surface area contributed by atoms with E-state index < -0.39 is 0 Å². The lowest BCUT2D eigenvalue weighted by Gasteiger charge is -2.22. The Hall–Kier alpha value is -3.10. The Morgan fingerprint density at radius 2 is 1.81 bits per heavy atom. The number of benzene rings is 2. The van der Waals surface area contributed by atoms with Crippen LogP contribution in [0.4, 0.5) is 10.8 Å². The summed E-state index contributed by atoms with van der Waals surface area (Å²) < 4.78 is 16.1. The molecule has 1 unspecified atom stereocenters. The van der Waals surface area contributed by atoms with Gasteiger partial charge in [0.15, 0.2) is 5.13 Å². The maximum Gasteiger partial charge on any atom is 0.240 e. The number of methoxy groups -OCH3 is 2. The van der Waals surface area contributed by atoms with Gasteiger partial charge in [0.1, 0.15) is 18.0 Å². The minimum atomic E-state index is -0.0717. The zero-order chi connectivity index (χ0) is 22.3. The molecule has 0 spiro atoms. The number of aromatic nitrogens is 1. The first-order chi connectivity index (χ1) is 15.7. The normalized spacial score (nSPS) is 15.4. The summed E-state index contributed by atoms with van der Waals surface area (Å²) in [5, 5.41) is 5.74. The summed E-state index contributed by atoms with van der Waals surface area (Å²) in [6, 6.07) is 15.4.